The summed E-state index contributed by atoms with van der Waals surface area (Å²) in [6.45, 7) is 1.87. The molecule has 1 fully saturated rings. The fourth-order valence-corrected chi connectivity index (χ4v) is 4.21. The highest BCUT2D eigenvalue weighted by Gasteiger charge is 2.50. The predicted octanol–water partition coefficient (Wildman–Crippen LogP) is 5.46. The molecule has 3 aromatic rings. The van der Waals surface area contributed by atoms with E-state index in [4.69, 9.17) is 4.74 Å². The molecule has 5 nitrogen and oxygen atoms in total. The van der Waals surface area contributed by atoms with Crippen molar-refractivity contribution in [1.29, 1.82) is 0 Å². The maximum absolute atomic E-state index is 13.3. The number of nitrogens with one attached hydrogen (secondary N) is 1. The zero-order valence-electron chi connectivity index (χ0n) is 18.4. The van der Waals surface area contributed by atoms with Crippen molar-refractivity contribution in [3.05, 3.63) is 77.4 Å². The Labute approximate surface area is 194 Å². The van der Waals surface area contributed by atoms with Crippen LogP contribution in [0.1, 0.15) is 41.3 Å². The van der Waals surface area contributed by atoms with Gasteiger partial charge in [0.25, 0.3) is 0 Å². The third kappa shape index (κ3) is 4.92. The maximum atomic E-state index is 13.3. The van der Waals surface area contributed by atoms with Crippen molar-refractivity contribution in [3.63, 3.8) is 0 Å². The van der Waals surface area contributed by atoms with E-state index in [0.717, 1.165) is 17.5 Å². The normalized spacial score (nSPS) is 18.5. The Morgan fingerprint density at radius 3 is 2.41 bits per heavy atom. The number of carboxylic acid groups (broad SMARTS) is 1. The van der Waals surface area contributed by atoms with Gasteiger partial charge in [0.05, 0.1) is 23.1 Å². The minimum absolute atomic E-state index is 0.0263. The number of hydrogen-bond donors (Lipinski definition) is 2. The molecule has 4 rings (SSSR count). The first-order valence-corrected chi connectivity index (χ1v) is 11.0. The van der Waals surface area contributed by atoms with Crippen LogP contribution >= 0.6 is 0 Å². The van der Waals surface area contributed by atoms with Crippen molar-refractivity contribution >= 4 is 22.5 Å². The molecule has 0 spiro atoms. The first-order chi connectivity index (χ1) is 16.2. The quantitative estimate of drug-likeness (QED) is 0.320. The number of benzene rings is 3. The Morgan fingerprint density at radius 1 is 1.06 bits per heavy atom. The van der Waals surface area contributed by atoms with Gasteiger partial charge in [-0.25, -0.2) is 0 Å². The fourth-order valence-electron chi connectivity index (χ4n) is 4.21. The second-order valence-corrected chi connectivity index (χ2v) is 8.41. The molecule has 1 aliphatic heterocycles. The Bertz CT molecular complexity index is 1210. The van der Waals surface area contributed by atoms with Gasteiger partial charge >= 0.3 is 12.1 Å². The highest BCUT2D eigenvalue weighted by atomic mass is 19.4. The van der Waals surface area contributed by atoms with E-state index in [9.17, 15) is 27.9 Å². The molecule has 2 N–H and O–H groups in total. The molecule has 1 aliphatic rings. The van der Waals surface area contributed by atoms with Crippen LogP contribution in [0, 0.1) is 5.92 Å². The predicted molar refractivity (Wildman–Crippen MR) is 121 cm³/mol. The summed E-state index contributed by atoms with van der Waals surface area (Å²) >= 11 is 0. The standard InChI is InChI=1S/C26H24F3NO4/c1-2-5-19(25(32)33)21-22(30-21)23(31)20-13-10-16-6-3-4-7-18(16)24(20)34-14-15-8-11-17(12-9-15)26(27,28)29/h3-4,6-13,19,21-22,30H,2,5,14H2,1H3,(H,32,33). The number of rotatable bonds is 9. The molecule has 3 aromatic carbocycles. The van der Waals surface area contributed by atoms with Crippen LogP contribution in [0.2, 0.25) is 0 Å². The number of halogens is 3. The van der Waals surface area contributed by atoms with Gasteiger partial charge in [-0.2, -0.15) is 13.2 Å². The third-order valence-electron chi connectivity index (χ3n) is 6.06. The lowest BCUT2D eigenvalue weighted by molar-refractivity contribution is -0.142. The zero-order chi connectivity index (χ0) is 24.5. The summed E-state index contributed by atoms with van der Waals surface area (Å²) in [5.74, 6) is -1.53. The molecule has 34 heavy (non-hydrogen) atoms. The average Bonchev–Trinajstić information content (AvgIpc) is 3.60. The number of hydrogen-bond acceptors (Lipinski definition) is 4. The zero-order valence-corrected chi connectivity index (χ0v) is 18.4. The second-order valence-electron chi connectivity index (χ2n) is 8.41. The summed E-state index contributed by atoms with van der Waals surface area (Å²) in [6, 6.07) is 14.4. The van der Waals surface area contributed by atoms with Crippen LogP contribution in [0.25, 0.3) is 10.8 Å². The van der Waals surface area contributed by atoms with E-state index in [1.165, 1.54) is 12.1 Å². The smallest absolute Gasteiger partial charge is 0.416 e. The molecule has 0 amide bonds. The van der Waals surface area contributed by atoms with Gasteiger partial charge in [-0.1, -0.05) is 55.8 Å². The van der Waals surface area contributed by atoms with Crippen LogP contribution in [-0.4, -0.2) is 28.9 Å². The van der Waals surface area contributed by atoms with E-state index in [0.29, 0.717) is 35.1 Å². The Kier molecular flexibility index (Phi) is 6.61. The van der Waals surface area contributed by atoms with E-state index in [2.05, 4.69) is 5.32 Å². The number of carbonyl (C=O) groups excluding carboxylic acids is 1. The molecule has 0 bridgehead atoms. The van der Waals surface area contributed by atoms with Gasteiger partial charge in [0.1, 0.15) is 12.4 Å². The second kappa shape index (κ2) is 9.46. The Balaban J connectivity index is 1.60. The van der Waals surface area contributed by atoms with Crippen molar-refractivity contribution in [2.24, 2.45) is 5.92 Å². The number of alkyl halides is 3. The largest absolute Gasteiger partial charge is 0.487 e. The van der Waals surface area contributed by atoms with Crippen LogP contribution in [0.15, 0.2) is 60.7 Å². The number of ether oxygens (including phenoxy) is 1. The summed E-state index contributed by atoms with van der Waals surface area (Å²) < 4.78 is 44.5. The van der Waals surface area contributed by atoms with E-state index in [1.807, 2.05) is 31.2 Å². The summed E-state index contributed by atoms with van der Waals surface area (Å²) in [5.41, 5.74) is 0.0880. The lowest BCUT2D eigenvalue weighted by Crippen LogP contribution is -2.24. The van der Waals surface area contributed by atoms with Gasteiger partial charge in [0.15, 0.2) is 5.78 Å². The van der Waals surface area contributed by atoms with Crippen LogP contribution in [0.4, 0.5) is 13.2 Å². The third-order valence-corrected chi connectivity index (χ3v) is 6.06. The van der Waals surface area contributed by atoms with Crippen molar-refractivity contribution in [2.45, 2.75) is 44.6 Å². The number of carbonyl (C=O) groups is 2. The first-order valence-electron chi connectivity index (χ1n) is 11.0. The highest BCUT2D eigenvalue weighted by molar-refractivity contribution is 6.09. The molecular formula is C26H24F3NO4. The lowest BCUT2D eigenvalue weighted by Gasteiger charge is -2.15. The monoisotopic (exact) mass is 471 g/mol. The summed E-state index contributed by atoms with van der Waals surface area (Å²) in [7, 11) is 0. The Hall–Kier alpha value is -3.39. The molecule has 178 valence electrons. The van der Waals surface area contributed by atoms with Crippen LogP contribution in [-0.2, 0) is 17.6 Å². The molecule has 1 saturated heterocycles. The minimum atomic E-state index is -4.42. The van der Waals surface area contributed by atoms with Gasteiger partial charge in [0.2, 0.25) is 0 Å². The van der Waals surface area contributed by atoms with E-state index in [-0.39, 0.29) is 12.4 Å². The molecule has 1 heterocycles. The SMILES string of the molecule is CCCC(C(=O)O)C1NC1C(=O)c1ccc2ccccc2c1OCc1ccc(C(F)(F)F)cc1. The number of Topliss-reactive ketones (excluding diaryl/α,β-unsaturated/α-hetero) is 1. The number of carboxylic acids is 1. The highest BCUT2D eigenvalue weighted by Crippen LogP contribution is 2.35. The molecule has 3 unspecified atom stereocenters. The van der Waals surface area contributed by atoms with Crippen molar-refractivity contribution < 1.29 is 32.6 Å². The number of ketones is 1. The van der Waals surface area contributed by atoms with Crippen molar-refractivity contribution in [2.75, 3.05) is 0 Å². The van der Waals surface area contributed by atoms with Crippen molar-refractivity contribution in [1.82, 2.24) is 5.32 Å². The lowest BCUT2D eigenvalue weighted by atomic mass is 9.93. The maximum Gasteiger partial charge on any atom is 0.416 e. The average molecular weight is 471 g/mol. The van der Waals surface area contributed by atoms with Gasteiger partial charge in [-0.15, -0.1) is 0 Å². The van der Waals surface area contributed by atoms with Crippen LogP contribution < -0.4 is 10.1 Å². The van der Waals surface area contributed by atoms with Crippen LogP contribution in [0.5, 0.6) is 5.75 Å². The molecular weight excluding hydrogens is 447 g/mol. The molecule has 0 radical (unpaired) electrons. The summed E-state index contributed by atoms with van der Waals surface area (Å²) in [4.78, 5) is 24.9. The van der Waals surface area contributed by atoms with E-state index >= 15 is 0 Å². The van der Waals surface area contributed by atoms with Gasteiger partial charge in [-0.3, -0.25) is 9.59 Å². The van der Waals surface area contributed by atoms with Crippen LogP contribution in [0.3, 0.4) is 0 Å². The number of aliphatic carboxylic acids is 1. The topological polar surface area (TPSA) is 85.5 Å². The van der Waals surface area contributed by atoms with Gasteiger partial charge in [-0.05, 0) is 35.6 Å². The molecule has 0 aliphatic carbocycles. The number of fused-ring (bicyclic) bond motifs is 1. The first kappa shape index (κ1) is 23.8. The molecule has 0 saturated carbocycles. The summed E-state index contributed by atoms with van der Waals surface area (Å²) in [6.07, 6.45) is -3.27. The molecule has 3 atom stereocenters. The minimum Gasteiger partial charge on any atom is -0.487 e. The summed E-state index contributed by atoms with van der Waals surface area (Å²) in [5, 5.41) is 14.1. The van der Waals surface area contributed by atoms with E-state index in [1.54, 1.807) is 12.1 Å². The van der Waals surface area contributed by atoms with Gasteiger partial charge < -0.3 is 15.2 Å². The van der Waals surface area contributed by atoms with E-state index < -0.39 is 35.7 Å². The van der Waals surface area contributed by atoms with Gasteiger partial charge in [0, 0.05) is 11.4 Å². The molecule has 8 heteroatoms. The fraction of sp³-hybridized carbons (Fsp3) is 0.308. The molecule has 0 aromatic heterocycles. The Morgan fingerprint density at radius 2 is 1.76 bits per heavy atom. The van der Waals surface area contributed by atoms with Crippen molar-refractivity contribution in [3.8, 4) is 5.75 Å².